The highest BCUT2D eigenvalue weighted by Crippen LogP contribution is 2.45. The van der Waals surface area contributed by atoms with Crippen LogP contribution in [0.15, 0.2) is 46.2 Å². The summed E-state index contributed by atoms with van der Waals surface area (Å²) in [4.78, 5) is 33.5. The van der Waals surface area contributed by atoms with E-state index in [1.807, 2.05) is 19.8 Å². The number of carbonyl (C=O) groups is 1. The lowest BCUT2D eigenvalue weighted by atomic mass is 9.98. The molecule has 4 aromatic rings. The van der Waals surface area contributed by atoms with Gasteiger partial charge in [-0.05, 0) is 48.6 Å². The maximum atomic E-state index is 17.2. The normalized spacial score (nSPS) is 13.8. The highest BCUT2D eigenvalue weighted by Gasteiger charge is 2.34. The van der Waals surface area contributed by atoms with Crippen molar-refractivity contribution in [1.82, 2.24) is 14.5 Å². The zero-order chi connectivity index (χ0) is 33.0. The lowest BCUT2D eigenvalue weighted by Crippen LogP contribution is -2.49. The molecule has 1 N–H and O–H groups in total. The van der Waals surface area contributed by atoms with Gasteiger partial charge in [-0.2, -0.15) is 0 Å². The number of phenols is 1. The summed E-state index contributed by atoms with van der Waals surface area (Å²) in [6.45, 7) is 5.64. The van der Waals surface area contributed by atoms with Crippen molar-refractivity contribution in [1.29, 1.82) is 0 Å². The maximum absolute atomic E-state index is 17.2. The first-order valence-electron chi connectivity index (χ1n) is 13.9. The van der Waals surface area contributed by atoms with Crippen molar-refractivity contribution >= 4 is 43.9 Å². The number of aromatic nitrogens is 2. The van der Waals surface area contributed by atoms with Crippen molar-refractivity contribution in [2.24, 2.45) is 0 Å². The van der Waals surface area contributed by atoms with Crippen LogP contribution >= 0.6 is 11.6 Å². The molecule has 0 aliphatic carbocycles. The summed E-state index contributed by atoms with van der Waals surface area (Å²) in [7, 11) is -4.29. The molecule has 0 radical (unpaired) electrons. The minimum absolute atomic E-state index is 0.0493. The van der Waals surface area contributed by atoms with Gasteiger partial charge in [0.1, 0.15) is 11.6 Å². The molecule has 234 valence electrons. The molecule has 3 heterocycles. The molecular formula is C32H29ClF2N4O5S. The van der Waals surface area contributed by atoms with E-state index in [9.17, 15) is 23.1 Å². The standard InChI is InChI=1S/C32H29ClF2N4O5S/c1-6-23(41)37-12-14-38(15-13-37)30-19-16-20(33)24(25-21(34)8-7-9-22(25)40)26(35)29(19)39(32(42)31(30)45(5,43)44)28-18(4)10-11-36-27(28)17(2)3/h1,7-11,16-17,40H,12-15H2,2-5H3. The van der Waals surface area contributed by atoms with Crippen LogP contribution in [0.5, 0.6) is 5.75 Å². The molecule has 1 amide bonds. The van der Waals surface area contributed by atoms with E-state index in [1.165, 1.54) is 29.3 Å². The minimum atomic E-state index is -4.29. The van der Waals surface area contributed by atoms with Crippen LogP contribution in [0.25, 0.3) is 27.7 Å². The molecule has 0 spiro atoms. The number of terminal acetylenes is 1. The number of pyridine rings is 2. The van der Waals surface area contributed by atoms with Crippen LogP contribution in [-0.4, -0.2) is 66.3 Å². The Hall–Kier alpha value is -4.47. The highest BCUT2D eigenvalue weighted by atomic mass is 35.5. The monoisotopic (exact) mass is 654 g/mol. The molecule has 1 aliphatic heterocycles. The number of anilines is 1. The number of piperazine rings is 1. The Morgan fingerprint density at radius 3 is 2.36 bits per heavy atom. The number of carbonyl (C=O) groups excluding carboxylic acids is 1. The molecule has 5 rings (SSSR count). The Balaban J connectivity index is 2.01. The lowest BCUT2D eigenvalue weighted by Gasteiger charge is -2.37. The van der Waals surface area contributed by atoms with Gasteiger partial charge in [0.05, 0.1) is 33.2 Å². The third-order valence-electron chi connectivity index (χ3n) is 7.83. The summed E-state index contributed by atoms with van der Waals surface area (Å²) in [5, 5.41) is 10.2. The van der Waals surface area contributed by atoms with Gasteiger partial charge in [0.15, 0.2) is 20.5 Å². The van der Waals surface area contributed by atoms with E-state index >= 15 is 8.78 Å². The Morgan fingerprint density at radius 2 is 1.78 bits per heavy atom. The van der Waals surface area contributed by atoms with Crippen LogP contribution in [0.1, 0.15) is 31.0 Å². The van der Waals surface area contributed by atoms with Crippen LogP contribution < -0.4 is 10.5 Å². The number of benzene rings is 2. The summed E-state index contributed by atoms with van der Waals surface area (Å²) in [5.41, 5.74) is -1.54. The van der Waals surface area contributed by atoms with Gasteiger partial charge in [-0.3, -0.25) is 19.1 Å². The largest absolute Gasteiger partial charge is 0.507 e. The molecule has 1 saturated heterocycles. The van der Waals surface area contributed by atoms with Crippen molar-refractivity contribution < 1.29 is 27.1 Å². The molecule has 0 unspecified atom stereocenters. The fourth-order valence-electron chi connectivity index (χ4n) is 5.79. The molecule has 13 heteroatoms. The summed E-state index contributed by atoms with van der Waals surface area (Å²) in [5.74, 6) is -1.49. The third kappa shape index (κ3) is 5.40. The van der Waals surface area contributed by atoms with Crippen molar-refractivity contribution in [2.75, 3.05) is 37.3 Å². The predicted octanol–water partition coefficient (Wildman–Crippen LogP) is 4.81. The van der Waals surface area contributed by atoms with E-state index in [4.69, 9.17) is 18.0 Å². The number of hydrogen-bond donors (Lipinski definition) is 1. The molecule has 0 saturated carbocycles. The van der Waals surface area contributed by atoms with Gasteiger partial charge >= 0.3 is 0 Å². The molecule has 45 heavy (non-hydrogen) atoms. The van der Waals surface area contributed by atoms with E-state index < -0.39 is 54.7 Å². The zero-order valence-corrected chi connectivity index (χ0v) is 26.4. The second kappa shape index (κ2) is 11.8. The van der Waals surface area contributed by atoms with Gasteiger partial charge < -0.3 is 14.9 Å². The molecule has 1 aliphatic rings. The number of amides is 1. The summed E-state index contributed by atoms with van der Waals surface area (Å²) < 4.78 is 60.2. The van der Waals surface area contributed by atoms with Gasteiger partial charge in [-0.25, -0.2) is 17.2 Å². The highest BCUT2D eigenvalue weighted by molar-refractivity contribution is 7.90. The van der Waals surface area contributed by atoms with Crippen molar-refractivity contribution in [3.8, 4) is 34.9 Å². The molecule has 9 nitrogen and oxygen atoms in total. The van der Waals surface area contributed by atoms with Crippen LogP contribution in [0.4, 0.5) is 14.5 Å². The third-order valence-corrected chi connectivity index (χ3v) is 9.23. The Bertz CT molecular complexity index is 2080. The number of aryl methyl sites for hydroxylation is 1. The number of phenolic OH excluding ortho intramolecular Hbond substituents is 1. The van der Waals surface area contributed by atoms with Gasteiger partial charge in [0.25, 0.3) is 11.5 Å². The first kappa shape index (κ1) is 31.9. The smallest absolute Gasteiger partial charge is 0.298 e. The molecular weight excluding hydrogens is 626 g/mol. The molecule has 2 aromatic carbocycles. The van der Waals surface area contributed by atoms with Crippen molar-refractivity contribution in [3.05, 3.63) is 74.8 Å². The number of rotatable bonds is 5. The quantitative estimate of drug-likeness (QED) is 0.308. The average molecular weight is 655 g/mol. The summed E-state index contributed by atoms with van der Waals surface area (Å²) in [6, 6.07) is 6.31. The Kier molecular flexibility index (Phi) is 8.37. The SMILES string of the molecule is C#CC(=O)N1CCN(c2c(S(C)(=O)=O)c(=O)n(-c3c(C)ccnc3C(C)C)c3c(F)c(-c4c(O)cccc4F)c(Cl)cc23)CC1. The van der Waals surface area contributed by atoms with Crippen molar-refractivity contribution in [3.63, 3.8) is 0 Å². The van der Waals surface area contributed by atoms with Gasteiger partial charge in [-0.15, -0.1) is 6.42 Å². The average Bonchev–Trinajstić information content (AvgIpc) is 2.97. The molecule has 1 fully saturated rings. The Labute approximate surface area is 263 Å². The number of nitrogens with zero attached hydrogens (tertiary/aromatic N) is 4. The number of aromatic hydroxyl groups is 1. The fraction of sp³-hybridized carbons (Fsp3) is 0.281. The number of sulfone groups is 1. The summed E-state index contributed by atoms with van der Waals surface area (Å²) >= 11 is 6.64. The lowest BCUT2D eigenvalue weighted by molar-refractivity contribution is -0.125. The minimum Gasteiger partial charge on any atom is -0.507 e. The second-order valence-corrected chi connectivity index (χ2v) is 13.5. The molecule has 0 atom stereocenters. The zero-order valence-electron chi connectivity index (χ0n) is 24.9. The topological polar surface area (TPSA) is 113 Å². The van der Waals surface area contributed by atoms with E-state index in [0.29, 0.717) is 11.3 Å². The van der Waals surface area contributed by atoms with E-state index in [0.717, 1.165) is 16.9 Å². The van der Waals surface area contributed by atoms with Crippen LogP contribution in [0, 0.1) is 30.9 Å². The number of hydrogen-bond acceptors (Lipinski definition) is 7. The first-order chi connectivity index (χ1) is 21.2. The maximum Gasteiger partial charge on any atom is 0.298 e. The molecule has 2 aromatic heterocycles. The molecule has 0 bridgehead atoms. The van der Waals surface area contributed by atoms with Gasteiger partial charge in [-0.1, -0.05) is 31.5 Å². The number of fused-ring (bicyclic) bond motifs is 1. The van der Waals surface area contributed by atoms with E-state index in [-0.39, 0.29) is 59.4 Å². The first-order valence-corrected chi connectivity index (χ1v) is 16.2. The van der Waals surface area contributed by atoms with Crippen molar-refractivity contribution in [2.45, 2.75) is 31.6 Å². The fourth-order valence-corrected chi connectivity index (χ4v) is 7.08. The second-order valence-electron chi connectivity index (χ2n) is 11.1. The summed E-state index contributed by atoms with van der Waals surface area (Å²) in [6.07, 6.45) is 7.68. The van der Waals surface area contributed by atoms with Gasteiger partial charge in [0.2, 0.25) is 0 Å². The van der Waals surface area contributed by atoms with Crippen LogP contribution in [-0.2, 0) is 14.6 Å². The number of halogens is 3. The van der Waals surface area contributed by atoms with Crippen LogP contribution in [0.2, 0.25) is 5.02 Å². The van der Waals surface area contributed by atoms with E-state index in [1.54, 1.807) is 17.9 Å². The van der Waals surface area contributed by atoms with Crippen LogP contribution in [0.3, 0.4) is 0 Å². The van der Waals surface area contributed by atoms with Gasteiger partial charge in [0, 0.05) is 49.6 Å². The predicted molar refractivity (Wildman–Crippen MR) is 169 cm³/mol. The van der Waals surface area contributed by atoms with E-state index in [2.05, 4.69) is 4.98 Å². The Morgan fingerprint density at radius 1 is 1.11 bits per heavy atom.